The second-order valence-electron chi connectivity index (χ2n) is 4.90. The number of hydrogen-bond acceptors (Lipinski definition) is 4. The number of benzene rings is 2. The molecule has 2 aromatic carbocycles. The number of alkyl halides is 3. The van der Waals surface area contributed by atoms with Gasteiger partial charge >= 0.3 is 41.7 Å². The Kier molecular flexibility index (Phi) is 7.45. The number of aromatic carboxylic acids is 1. The molecule has 0 aromatic heterocycles. The van der Waals surface area contributed by atoms with Gasteiger partial charge in [-0.15, -0.1) is 0 Å². The molecule has 0 amide bonds. The number of rotatable bonds is 5. The molecule has 0 radical (unpaired) electrons. The third-order valence-electron chi connectivity index (χ3n) is 3.02. The molecule has 2 aromatic rings. The first-order valence-corrected chi connectivity index (χ1v) is 6.99. The van der Waals surface area contributed by atoms with Crippen molar-refractivity contribution in [3.63, 3.8) is 0 Å². The van der Waals surface area contributed by atoms with Crippen LogP contribution in [0.4, 0.5) is 18.9 Å². The molecule has 0 aliphatic carbocycles. The molecule has 0 fully saturated rings. The fourth-order valence-corrected chi connectivity index (χ4v) is 2.25. The van der Waals surface area contributed by atoms with Crippen LogP contribution in [0.25, 0.3) is 0 Å². The summed E-state index contributed by atoms with van der Waals surface area (Å²) in [5.74, 6) is -1.60. The van der Waals surface area contributed by atoms with E-state index in [2.05, 4.69) is 0 Å². The van der Waals surface area contributed by atoms with E-state index in [-0.39, 0.29) is 51.6 Å². The van der Waals surface area contributed by atoms with E-state index in [1.54, 1.807) is 0 Å². The van der Waals surface area contributed by atoms with Crippen LogP contribution >= 0.6 is 11.6 Å². The van der Waals surface area contributed by atoms with Crippen molar-refractivity contribution in [3.05, 3.63) is 62.7 Å². The Morgan fingerprint density at radius 2 is 1.88 bits per heavy atom. The van der Waals surface area contributed by atoms with Crippen molar-refractivity contribution < 1.29 is 32.7 Å². The number of carboxylic acid groups (broad SMARTS) is 1. The van der Waals surface area contributed by atoms with Gasteiger partial charge in [0, 0.05) is 12.1 Å². The number of hydrogen-bond donors (Lipinski definition) is 1. The standard InChI is InChI=1S/C15H9ClF3NO5.Na.H/c16-11-5-8(7-15(17,18)19)1-4-13(11)25-9-2-3-12(20(23)24)10(6-9)14(21)22;;/h1-6H,7H2,(H,21,22);;. The summed E-state index contributed by atoms with van der Waals surface area (Å²) in [5, 5.41) is 19.7. The summed E-state index contributed by atoms with van der Waals surface area (Å²) >= 11 is 5.88. The molecule has 0 aliphatic rings. The number of carboxylic acids is 1. The molecule has 0 saturated heterocycles. The van der Waals surface area contributed by atoms with Crippen LogP contribution in [-0.4, -0.2) is 51.7 Å². The van der Waals surface area contributed by atoms with Gasteiger partial charge in [0.2, 0.25) is 0 Å². The van der Waals surface area contributed by atoms with Crippen LogP contribution in [0.5, 0.6) is 11.5 Å². The van der Waals surface area contributed by atoms with Gasteiger partial charge in [0.25, 0.3) is 5.69 Å². The Morgan fingerprint density at radius 1 is 1.23 bits per heavy atom. The number of carbonyl (C=O) groups is 1. The predicted molar refractivity (Wildman–Crippen MR) is 88.5 cm³/mol. The van der Waals surface area contributed by atoms with E-state index in [1.807, 2.05) is 0 Å². The van der Waals surface area contributed by atoms with Crippen LogP contribution in [0.2, 0.25) is 5.02 Å². The number of nitro benzene ring substituents is 1. The summed E-state index contributed by atoms with van der Waals surface area (Å²) in [6, 6.07) is 6.48. The number of nitro groups is 1. The SMILES string of the molecule is O=C(O)c1cc(Oc2ccc(CC(F)(F)F)cc2Cl)ccc1[N+](=O)[O-].[NaH]. The van der Waals surface area contributed by atoms with E-state index in [0.29, 0.717) is 0 Å². The molecule has 0 aliphatic heterocycles. The van der Waals surface area contributed by atoms with E-state index in [1.165, 1.54) is 6.07 Å². The quantitative estimate of drug-likeness (QED) is 0.462. The molecule has 26 heavy (non-hydrogen) atoms. The fourth-order valence-electron chi connectivity index (χ4n) is 2.00. The molecular formula is C15H10ClF3NNaO5. The van der Waals surface area contributed by atoms with Crippen LogP contribution in [0, 0.1) is 10.1 Å². The van der Waals surface area contributed by atoms with Gasteiger partial charge < -0.3 is 9.84 Å². The second kappa shape index (κ2) is 8.72. The number of halogens is 4. The van der Waals surface area contributed by atoms with E-state index < -0.39 is 34.7 Å². The monoisotopic (exact) mass is 399 g/mol. The molecule has 0 heterocycles. The van der Waals surface area contributed by atoms with Crippen molar-refractivity contribution in [2.75, 3.05) is 0 Å². The minimum atomic E-state index is -4.39. The summed E-state index contributed by atoms with van der Waals surface area (Å²) in [4.78, 5) is 21.0. The van der Waals surface area contributed by atoms with Crippen LogP contribution in [0.15, 0.2) is 36.4 Å². The van der Waals surface area contributed by atoms with Gasteiger partial charge in [0.15, 0.2) is 0 Å². The molecule has 6 nitrogen and oxygen atoms in total. The Labute approximate surface area is 172 Å². The van der Waals surface area contributed by atoms with E-state index >= 15 is 0 Å². The van der Waals surface area contributed by atoms with Crippen molar-refractivity contribution in [3.8, 4) is 11.5 Å². The zero-order valence-electron chi connectivity index (χ0n) is 12.2. The van der Waals surface area contributed by atoms with Gasteiger partial charge in [-0.05, 0) is 23.8 Å². The van der Waals surface area contributed by atoms with Gasteiger partial charge in [0.1, 0.15) is 17.1 Å². The summed E-state index contributed by atoms with van der Waals surface area (Å²) in [6.07, 6.45) is -5.55. The first-order valence-electron chi connectivity index (χ1n) is 6.61. The van der Waals surface area contributed by atoms with Crippen molar-refractivity contribution in [2.45, 2.75) is 12.6 Å². The van der Waals surface area contributed by atoms with Gasteiger partial charge in [-0.3, -0.25) is 10.1 Å². The summed E-state index contributed by atoms with van der Waals surface area (Å²) < 4.78 is 42.4. The minimum absolute atomic E-state index is 0. The van der Waals surface area contributed by atoms with E-state index in [0.717, 1.165) is 30.3 Å². The van der Waals surface area contributed by atoms with Crippen molar-refractivity contribution >= 4 is 52.8 Å². The summed E-state index contributed by atoms with van der Waals surface area (Å²) in [6.45, 7) is 0. The Bertz CT molecular complexity index is 845. The Morgan fingerprint density at radius 3 is 2.38 bits per heavy atom. The average molecular weight is 400 g/mol. The molecule has 11 heteroatoms. The van der Waals surface area contributed by atoms with Gasteiger partial charge in [-0.2, -0.15) is 13.2 Å². The molecular weight excluding hydrogens is 390 g/mol. The average Bonchev–Trinajstić information content (AvgIpc) is 2.48. The van der Waals surface area contributed by atoms with E-state index in [4.69, 9.17) is 21.4 Å². The summed E-state index contributed by atoms with van der Waals surface area (Å²) in [7, 11) is 0. The number of ether oxygens (including phenoxy) is 1. The van der Waals surface area contributed by atoms with Crippen molar-refractivity contribution in [1.82, 2.24) is 0 Å². The molecule has 0 saturated carbocycles. The van der Waals surface area contributed by atoms with Crippen molar-refractivity contribution in [1.29, 1.82) is 0 Å². The molecule has 0 bridgehead atoms. The van der Waals surface area contributed by atoms with E-state index in [9.17, 15) is 28.1 Å². The second-order valence-corrected chi connectivity index (χ2v) is 5.31. The number of nitrogens with zero attached hydrogens (tertiary/aromatic N) is 1. The van der Waals surface area contributed by atoms with Gasteiger partial charge in [-0.1, -0.05) is 17.7 Å². The van der Waals surface area contributed by atoms with Gasteiger partial charge in [0.05, 0.1) is 16.4 Å². The third-order valence-corrected chi connectivity index (χ3v) is 3.32. The van der Waals surface area contributed by atoms with Crippen LogP contribution < -0.4 is 4.74 Å². The van der Waals surface area contributed by atoms with Crippen LogP contribution in [-0.2, 0) is 6.42 Å². The maximum absolute atomic E-state index is 12.4. The van der Waals surface area contributed by atoms with Gasteiger partial charge in [-0.25, -0.2) is 4.79 Å². The first kappa shape index (κ1) is 22.2. The van der Waals surface area contributed by atoms with Crippen molar-refractivity contribution in [2.24, 2.45) is 0 Å². The maximum atomic E-state index is 12.4. The molecule has 1 N–H and O–H groups in total. The zero-order valence-corrected chi connectivity index (χ0v) is 13.0. The summed E-state index contributed by atoms with van der Waals surface area (Å²) in [5.41, 5.74) is -1.28. The zero-order chi connectivity index (χ0) is 18.8. The van der Waals surface area contributed by atoms with Crippen LogP contribution in [0.3, 0.4) is 0 Å². The fraction of sp³-hybridized carbons (Fsp3) is 0.133. The molecule has 0 spiro atoms. The Hall–Kier alpha value is -1.81. The predicted octanol–water partition coefficient (Wildman–Crippen LogP) is 4.20. The normalized spacial score (nSPS) is 10.8. The molecule has 134 valence electrons. The molecule has 2 rings (SSSR count). The first-order chi connectivity index (χ1) is 11.6. The topological polar surface area (TPSA) is 89.7 Å². The molecule has 0 atom stereocenters. The van der Waals surface area contributed by atoms with Crippen LogP contribution in [0.1, 0.15) is 15.9 Å². The molecule has 0 unspecified atom stereocenters. The Balaban J connectivity index is 0.00000338. The third kappa shape index (κ3) is 5.87.